The molecular weight excluding hydrogens is 1180 g/mol. The molecule has 0 unspecified atom stereocenters. The Labute approximate surface area is 558 Å². The summed E-state index contributed by atoms with van der Waals surface area (Å²) in [4.78, 5) is 0. The SMILES string of the molecule is c1cc(-c2ccc3ccccc3c2)cc(-c2c3ccccc3c(-c3ccc4oc5cc6ccccc6cc5c4c3)c3ccccc23)c1.c1ccc2cc3c(cc2c1)oc1ccc(-c2c4ccccc4c(-c4ccc(-n5c6ccccc6c6ccccc65)cc4)c4ccccc24)cc13. The molecule has 21 rings (SSSR count). The van der Waals surface area contributed by atoms with E-state index in [9.17, 15) is 0 Å². The van der Waals surface area contributed by atoms with Crippen LogP contribution in [0.1, 0.15) is 0 Å². The second kappa shape index (κ2) is 21.9. The molecule has 0 radical (unpaired) electrons. The van der Waals surface area contributed by atoms with E-state index < -0.39 is 0 Å². The molecule has 3 heteroatoms. The van der Waals surface area contributed by atoms with E-state index in [4.69, 9.17) is 8.83 Å². The van der Waals surface area contributed by atoms with Crippen LogP contribution in [0.15, 0.2) is 355 Å². The molecule has 3 aromatic heterocycles. The molecule has 3 heterocycles. The fourth-order valence-corrected chi connectivity index (χ4v) is 15.9. The first-order valence-corrected chi connectivity index (χ1v) is 33.3. The van der Waals surface area contributed by atoms with Crippen molar-refractivity contribution in [3.8, 4) is 61.3 Å². The largest absolute Gasteiger partial charge is 0.456 e. The number of furan rings is 2. The van der Waals surface area contributed by atoms with Gasteiger partial charge >= 0.3 is 0 Å². The standard InChI is InChI=1S/C48H29NO.C46H28O/c1-2-12-32-29-46-42(27-31(32)11-1)41-28-33(23-26-45(41)50-46)48-39-17-5-3-15-37(39)47(38-16-4-6-18-40(38)48)30-21-24-34(25-22-30)49-43-19-9-7-13-35(43)36-14-8-10-20-44(36)49;1-2-11-30-24-34(21-20-29(30)10-1)31-14-9-15-35(25-31)45-37-16-5-7-18-39(37)46(40-19-8-6-17-38(40)45)36-22-23-43-41(27-36)42-26-32-12-3-4-13-33(32)28-44(42)47-43/h1-29H;1-28H. The first-order valence-electron chi connectivity index (χ1n) is 33.3. The number of para-hydroxylation sites is 2. The van der Waals surface area contributed by atoms with Gasteiger partial charge in [0, 0.05) is 38.0 Å². The van der Waals surface area contributed by atoms with Crippen molar-refractivity contribution < 1.29 is 8.83 Å². The van der Waals surface area contributed by atoms with Crippen molar-refractivity contribution in [1.29, 1.82) is 0 Å². The molecule has 3 nitrogen and oxygen atoms in total. The van der Waals surface area contributed by atoms with Crippen LogP contribution in [0.3, 0.4) is 0 Å². The van der Waals surface area contributed by atoms with Crippen LogP contribution in [0.25, 0.3) is 202 Å². The van der Waals surface area contributed by atoms with E-state index in [1.807, 2.05) is 0 Å². The maximum atomic E-state index is 6.39. The molecular formula is C94H57NO2. The molecule has 0 amide bonds. The zero-order valence-electron chi connectivity index (χ0n) is 52.7. The van der Waals surface area contributed by atoms with Crippen LogP contribution in [0.4, 0.5) is 0 Å². The van der Waals surface area contributed by atoms with Gasteiger partial charge in [-0.2, -0.15) is 0 Å². The average molecular weight is 1230 g/mol. The molecule has 18 aromatic carbocycles. The monoisotopic (exact) mass is 1230 g/mol. The molecule has 0 spiro atoms. The van der Waals surface area contributed by atoms with Gasteiger partial charge in [-0.1, -0.05) is 261 Å². The van der Waals surface area contributed by atoms with Crippen molar-refractivity contribution in [1.82, 2.24) is 4.57 Å². The van der Waals surface area contributed by atoms with Gasteiger partial charge in [0.1, 0.15) is 22.3 Å². The number of fused-ring (bicyclic) bond motifs is 16. The van der Waals surface area contributed by atoms with Crippen molar-refractivity contribution in [3.63, 3.8) is 0 Å². The van der Waals surface area contributed by atoms with Gasteiger partial charge in [-0.15, -0.1) is 0 Å². The fourth-order valence-electron chi connectivity index (χ4n) is 15.9. The van der Waals surface area contributed by atoms with E-state index in [0.717, 1.165) is 49.6 Å². The van der Waals surface area contributed by atoms with Crippen LogP contribution in [0, 0.1) is 0 Å². The molecule has 21 aromatic rings. The molecule has 0 saturated carbocycles. The molecule has 0 atom stereocenters. The Morgan fingerprint density at radius 1 is 0.165 bits per heavy atom. The summed E-state index contributed by atoms with van der Waals surface area (Å²) in [7, 11) is 0. The molecule has 97 heavy (non-hydrogen) atoms. The van der Waals surface area contributed by atoms with Gasteiger partial charge < -0.3 is 13.4 Å². The van der Waals surface area contributed by atoms with Gasteiger partial charge in [-0.25, -0.2) is 0 Å². The van der Waals surface area contributed by atoms with Gasteiger partial charge in [0.05, 0.1) is 11.0 Å². The molecule has 0 aliphatic carbocycles. The third-order valence-electron chi connectivity index (χ3n) is 20.3. The number of rotatable bonds is 6. The summed E-state index contributed by atoms with van der Waals surface area (Å²) < 4.78 is 15.1. The Morgan fingerprint density at radius 2 is 0.474 bits per heavy atom. The first-order chi connectivity index (χ1) is 48.1. The Morgan fingerprint density at radius 3 is 0.918 bits per heavy atom. The van der Waals surface area contributed by atoms with Gasteiger partial charge in [0.25, 0.3) is 0 Å². The van der Waals surface area contributed by atoms with Crippen molar-refractivity contribution in [2.45, 2.75) is 0 Å². The molecule has 450 valence electrons. The number of aromatic nitrogens is 1. The average Bonchev–Trinajstić information content (AvgIpc) is 1.70. The molecule has 0 N–H and O–H groups in total. The smallest absolute Gasteiger partial charge is 0.136 e. The van der Waals surface area contributed by atoms with Crippen molar-refractivity contribution in [2.24, 2.45) is 0 Å². The summed E-state index contributed by atoms with van der Waals surface area (Å²) in [6.07, 6.45) is 0. The fraction of sp³-hybridized carbons (Fsp3) is 0. The molecule has 0 fully saturated rings. The van der Waals surface area contributed by atoms with Gasteiger partial charge in [-0.05, 0) is 216 Å². The van der Waals surface area contributed by atoms with Crippen LogP contribution in [0.5, 0.6) is 0 Å². The zero-order chi connectivity index (χ0) is 63.7. The Kier molecular flexibility index (Phi) is 12.3. The van der Waals surface area contributed by atoms with E-state index in [1.54, 1.807) is 0 Å². The summed E-state index contributed by atoms with van der Waals surface area (Å²) in [5.74, 6) is 0. The minimum absolute atomic E-state index is 0.910. The van der Waals surface area contributed by atoms with E-state index in [-0.39, 0.29) is 0 Å². The maximum absolute atomic E-state index is 6.39. The second-order valence-corrected chi connectivity index (χ2v) is 25.8. The predicted molar refractivity (Wildman–Crippen MR) is 412 cm³/mol. The summed E-state index contributed by atoms with van der Waals surface area (Å²) in [6.45, 7) is 0. The first kappa shape index (κ1) is 54.7. The Hall–Kier alpha value is -12.8. The third-order valence-corrected chi connectivity index (χ3v) is 20.3. The van der Waals surface area contributed by atoms with Crippen molar-refractivity contribution >= 4 is 141 Å². The van der Waals surface area contributed by atoms with Crippen LogP contribution >= 0.6 is 0 Å². The highest BCUT2D eigenvalue weighted by atomic mass is 16.3. The summed E-state index contributed by atoms with van der Waals surface area (Å²) in [6, 6.07) is 126. The molecule has 0 bridgehead atoms. The minimum atomic E-state index is 0.910. The van der Waals surface area contributed by atoms with E-state index in [0.29, 0.717) is 0 Å². The van der Waals surface area contributed by atoms with Crippen LogP contribution in [-0.2, 0) is 0 Å². The van der Waals surface area contributed by atoms with Crippen molar-refractivity contribution in [2.75, 3.05) is 0 Å². The predicted octanol–water partition coefficient (Wildman–Crippen LogP) is 26.7. The van der Waals surface area contributed by atoms with Crippen LogP contribution in [-0.4, -0.2) is 4.57 Å². The minimum Gasteiger partial charge on any atom is -0.456 e. The van der Waals surface area contributed by atoms with E-state index in [1.165, 1.54) is 153 Å². The van der Waals surface area contributed by atoms with Crippen LogP contribution in [0.2, 0.25) is 0 Å². The lowest BCUT2D eigenvalue weighted by Crippen LogP contribution is -1.94. The van der Waals surface area contributed by atoms with Crippen molar-refractivity contribution in [3.05, 3.63) is 346 Å². The maximum Gasteiger partial charge on any atom is 0.136 e. The Bertz CT molecular complexity index is 6650. The highest BCUT2D eigenvalue weighted by molar-refractivity contribution is 6.25. The summed E-state index contributed by atoms with van der Waals surface area (Å²) >= 11 is 0. The lowest BCUT2D eigenvalue weighted by atomic mass is 9.85. The van der Waals surface area contributed by atoms with E-state index >= 15 is 0 Å². The number of hydrogen-bond acceptors (Lipinski definition) is 2. The Balaban J connectivity index is 0.000000132. The van der Waals surface area contributed by atoms with Gasteiger partial charge in [0.2, 0.25) is 0 Å². The normalized spacial score (nSPS) is 11.9. The topological polar surface area (TPSA) is 31.2 Å². The second-order valence-electron chi connectivity index (χ2n) is 25.8. The molecule has 0 saturated heterocycles. The summed E-state index contributed by atoms with van der Waals surface area (Å²) in [5, 5.41) is 24.4. The van der Waals surface area contributed by atoms with E-state index in [2.05, 4.69) is 350 Å². The third kappa shape index (κ3) is 8.83. The van der Waals surface area contributed by atoms with Crippen LogP contribution < -0.4 is 0 Å². The number of hydrogen-bond donors (Lipinski definition) is 0. The zero-order valence-corrected chi connectivity index (χ0v) is 52.7. The van der Waals surface area contributed by atoms with Gasteiger partial charge in [-0.3, -0.25) is 0 Å². The molecule has 0 aliphatic heterocycles. The quantitative estimate of drug-likeness (QED) is 0.155. The lowest BCUT2D eigenvalue weighted by Gasteiger charge is -2.18. The highest BCUT2D eigenvalue weighted by Gasteiger charge is 2.22. The highest BCUT2D eigenvalue weighted by Crippen LogP contribution is 2.48. The number of nitrogens with zero attached hydrogens (tertiary/aromatic N) is 1. The lowest BCUT2D eigenvalue weighted by molar-refractivity contribution is 0.669. The number of benzene rings is 18. The van der Waals surface area contributed by atoms with Gasteiger partial charge in [0.15, 0.2) is 0 Å². The summed E-state index contributed by atoms with van der Waals surface area (Å²) in [5.41, 5.74) is 19.5. The molecule has 0 aliphatic rings.